The number of amides is 1. The van der Waals surface area contributed by atoms with Crippen LogP contribution in [-0.2, 0) is 4.74 Å². The van der Waals surface area contributed by atoms with Crippen LogP contribution in [0.3, 0.4) is 0 Å². The zero-order valence-corrected chi connectivity index (χ0v) is 14.4. The third kappa shape index (κ3) is 2.91. The topological polar surface area (TPSA) is 55.6 Å². The minimum absolute atomic E-state index is 0.118. The highest BCUT2D eigenvalue weighted by Gasteiger charge is 2.32. The van der Waals surface area contributed by atoms with Crippen molar-refractivity contribution in [2.75, 3.05) is 19.7 Å². The van der Waals surface area contributed by atoms with Crippen molar-refractivity contribution in [2.45, 2.75) is 31.2 Å². The molecule has 2 aliphatic rings. The molecular weight excluding hydrogens is 312 g/mol. The molecule has 4 nitrogen and oxygen atoms in total. The van der Waals surface area contributed by atoms with Gasteiger partial charge in [0.1, 0.15) is 6.61 Å². The summed E-state index contributed by atoms with van der Waals surface area (Å²) in [5.74, 6) is 0.118. The van der Waals surface area contributed by atoms with Crippen molar-refractivity contribution in [2.24, 2.45) is 5.73 Å². The van der Waals surface area contributed by atoms with Crippen molar-refractivity contribution in [3.63, 3.8) is 0 Å². The normalized spacial score (nSPS) is 18.9. The Balaban J connectivity index is 1.51. The lowest BCUT2D eigenvalue weighted by molar-refractivity contribution is 0.0947. The predicted molar refractivity (Wildman–Crippen MR) is 98.5 cm³/mol. The highest BCUT2D eigenvalue weighted by Crippen LogP contribution is 2.44. The molecule has 1 fully saturated rings. The number of nitrogens with two attached hydrogens (primary N) is 1. The number of carbonyl (C=O) groups excluding carboxylic acids is 1. The molecule has 2 aromatic carbocycles. The average Bonchev–Trinajstić information content (AvgIpc) is 3.23. The molecule has 0 spiro atoms. The van der Waals surface area contributed by atoms with Gasteiger partial charge in [-0.2, -0.15) is 0 Å². The van der Waals surface area contributed by atoms with Crippen LogP contribution >= 0.6 is 0 Å². The van der Waals surface area contributed by atoms with Crippen LogP contribution in [0.2, 0.25) is 0 Å². The molecule has 0 saturated carbocycles. The van der Waals surface area contributed by atoms with Gasteiger partial charge in [-0.25, -0.2) is 4.79 Å². The maximum Gasteiger partial charge on any atom is 0.410 e. The molecule has 2 N–H and O–H groups in total. The molecule has 2 aromatic rings. The van der Waals surface area contributed by atoms with E-state index in [1.807, 2.05) is 4.90 Å². The van der Waals surface area contributed by atoms with Crippen LogP contribution < -0.4 is 5.73 Å². The first-order valence-electron chi connectivity index (χ1n) is 9.11. The van der Waals surface area contributed by atoms with Crippen LogP contribution in [0.1, 0.15) is 36.3 Å². The van der Waals surface area contributed by atoms with E-state index >= 15 is 0 Å². The van der Waals surface area contributed by atoms with Crippen molar-refractivity contribution in [1.29, 1.82) is 0 Å². The summed E-state index contributed by atoms with van der Waals surface area (Å²) in [6.07, 6.45) is 2.72. The van der Waals surface area contributed by atoms with Crippen molar-refractivity contribution < 1.29 is 9.53 Å². The first kappa shape index (κ1) is 16.2. The SMILES string of the molecule is NCC[C@@H]1CCCN1C(=O)OCC1c2ccccc2-c2ccccc21. The van der Waals surface area contributed by atoms with Gasteiger partial charge in [-0.05, 0) is 48.1 Å². The molecule has 4 heteroatoms. The molecule has 0 aromatic heterocycles. The molecule has 1 amide bonds. The van der Waals surface area contributed by atoms with Crippen LogP contribution in [0.5, 0.6) is 0 Å². The number of fused-ring (bicyclic) bond motifs is 3. The van der Waals surface area contributed by atoms with Crippen molar-refractivity contribution in [1.82, 2.24) is 4.90 Å². The highest BCUT2D eigenvalue weighted by molar-refractivity contribution is 5.79. The summed E-state index contributed by atoms with van der Waals surface area (Å²) in [4.78, 5) is 14.4. The minimum Gasteiger partial charge on any atom is -0.448 e. The predicted octanol–water partition coefficient (Wildman–Crippen LogP) is 3.75. The number of ether oxygens (including phenoxy) is 1. The second kappa shape index (κ2) is 6.89. The Bertz CT molecular complexity index is 728. The third-order valence-electron chi connectivity index (χ3n) is 5.45. The Hall–Kier alpha value is -2.33. The van der Waals surface area contributed by atoms with Gasteiger partial charge in [0, 0.05) is 18.5 Å². The Kier molecular flexibility index (Phi) is 4.45. The molecule has 1 aliphatic carbocycles. The molecule has 130 valence electrons. The van der Waals surface area contributed by atoms with Gasteiger partial charge in [-0.3, -0.25) is 0 Å². The van der Waals surface area contributed by atoms with E-state index in [0.29, 0.717) is 13.2 Å². The summed E-state index contributed by atoms with van der Waals surface area (Å²) in [5.41, 5.74) is 10.7. The fourth-order valence-corrected chi connectivity index (χ4v) is 4.25. The van der Waals surface area contributed by atoms with Gasteiger partial charge >= 0.3 is 6.09 Å². The highest BCUT2D eigenvalue weighted by atomic mass is 16.6. The summed E-state index contributed by atoms with van der Waals surface area (Å²) in [5, 5.41) is 0. The minimum atomic E-state index is -0.196. The van der Waals surface area contributed by atoms with E-state index < -0.39 is 0 Å². The van der Waals surface area contributed by atoms with Crippen molar-refractivity contribution in [3.8, 4) is 11.1 Å². The number of rotatable bonds is 4. The molecule has 4 rings (SSSR count). The summed E-state index contributed by atoms with van der Waals surface area (Å²) in [6.45, 7) is 1.78. The summed E-state index contributed by atoms with van der Waals surface area (Å²) >= 11 is 0. The number of hydrogen-bond donors (Lipinski definition) is 1. The standard InChI is InChI=1S/C21H24N2O2/c22-12-11-15-6-5-13-23(15)21(24)25-14-20-18-9-3-1-7-16(18)17-8-2-4-10-19(17)20/h1-4,7-10,15,20H,5-6,11-14,22H2/t15-/m0/s1. The summed E-state index contributed by atoms with van der Waals surface area (Å²) < 4.78 is 5.75. The van der Waals surface area contributed by atoms with E-state index in [1.54, 1.807) is 0 Å². The number of carbonyl (C=O) groups is 1. The maximum atomic E-state index is 12.6. The van der Waals surface area contributed by atoms with Crippen molar-refractivity contribution in [3.05, 3.63) is 59.7 Å². The van der Waals surface area contributed by atoms with Crippen LogP contribution in [0.4, 0.5) is 4.79 Å². The molecule has 0 radical (unpaired) electrons. The Morgan fingerprint density at radius 1 is 1.08 bits per heavy atom. The van der Waals surface area contributed by atoms with Gasteiger partial charge in [0.25, 0.3) is 0 Å². The first-order valence-corrected chi connectivity index (χ1v) is 9.11. The van der Waals surface area contributed by atoms with Crippen molar-refractivity contribution >= 4 is 6.09 Å². The number of likely N-dealkylation sites (tertiary alicyclic amines) is 1. The van der Waals surface area contributed by atoms with E-state index in [-0.39, 0.29) is 18.1 Å². The molecule has 1 heterocycles. The molecule has 1 atom stereocenters. The van der Waals surface area contributed by atoms with E-state index in [4.69, 9.17) is 10.5 Å². The van der Waals surface area contributed by atoms with Crippen LogP contribution in [0.15, 0.2) is 48.5 Å². The summed E-state index contributed by atoms with van der Waals surface area (Å²) in [6, 6.07) is 17.0. The molecule has 1 saturated heterocycles. The van der Waals surface area contributed by atoms with Crippen LogP contribution in [0.25, 0.3) is 11.1 Å². The average molecular weight is 336 g/mol. The van der Waals surface area contributed by atoms with Crippen LogP contribution in [0, 0.1) is 0 Å². The zero-order chi connectivity index (χ0) is 17.2. The quantitative estimate of drug-likeness (QED) is 0.925. The van der Waals surface area contributed by atoms with Gasteiger partial charge in [-0.1, -0.05) is 48.5 Å². The smallest absolute Gasteiger partial charge is 0.410 e. The van der Waals surface area contributed by atoms with E-state index in [0.717, 1.165) is 25.8 Å². The monoisotopic (exact) mass is 336 g/mol. The van der Waals surface area contributed by atoms with Gasteiger partial charge in [0.15, 0.2) is 0 Å². The van der Waals surface area contributed by atoms with Gasteiger partial charge in [0.2, 0.25) is 0 Å². The Labute approximate surface area is 148 Å². The van der Waals surface area contributed by atoms with E-state index in [2.05, 4.69) is 48.5 Å². The van der Waals surface area contributed by atoms with Gasteiger partial charge in [-0.15, -0.1) is 0 Å². The largest absolute Gasteiger partial charge is 0.448 e. The molecule has 25 heavy (non-hydrogen) atoms. The second-order valence-corrected chi connectivity index (χ2v) is 6.87. The van der Waals surface area contributed by atoms with E-state index in [9.17, 15) is 4.79 Å². The van der Waals surface area contributed by atoms with E-state index in [1.165, 1.54) is 22.3 Å². The first-order chi connectivity index (χ1) is 12.3. The fourth-order valence-electron chi connectivity index (χ4n) is 4.25. The third-order valence-corrected chi connectivity index (χ3v) is 5.45. The maximum absolute atomic E-state index is 12.6. The van der Waals surface area contributed by atoms with Crippen LogP contribution in [-0.4, -0.2) is 36.7 Å². The molecule has 1 aliphatic heterocycles. The Morgan fingerprint density at radius 2 is 1.72 bits per heavy atom. The molecular formula is C21H24N2O2. The lowest BCUT2D eigenvalue weighted by Gasteiger charge is -2.24. The zero-order valence-electron chi connectivity index (χ0n) is 14.4. The lowest BCUT2D eigenvalue weighted by Crippen LogP contribution is -2.37. The molecule has 0 unspecified atom stereocenters. The number of hydrogen-bond acceptors (Lipinski definition) is 3. The Morgan fingerprint density at radius 3 is 2.36 bits per heavy atom. The summed E-state index contributed by atoms with van der Waals surface area (Å²) in [7, 11) is 0. The lowest BCUT2D eigenvalue weighted by atomic mass is 9.98. The van der Waals surface area contributed by atoms with Gasteiger partial charge in [0.05, 0.1) is 0 Å². The number of nitrogens with zero attached hydrogens (tertiary/aromatic N) is 1. The second-order valence-electron chi connectivity index (χ2n) is 6.87. The molecule has 0 bridgehead atoms. The fraction of sp³-hybridized carbons (Fsp3) is 0.381. The van der Waals surface area contributed by atoms with Gasteiger partial charge < -0.3 is 15.4 Å². The number of benzene rings is 2.